The monoisotopic (exact) mass is 473 g/mol. The Kier molecular flexibility index (Phi) is 5.50. The number of aryl methyl sites for hydroxylation is 1. The second-order valence-electron chi connectivity index (χ2n) is 7.63. The van der Waals surface area contributed by atoms with E-state index in [1.807, 2.05) is 24.3 Å². The summed E-state index contributed by atoms with van der Waals surface area (Å²) in [5, 5.41) is 21.9. The number of amides is 1. The summed E-state index contributed by atoms with van der Waals surface area (Å²) in [6.07, 6.45) is 1.04. The summed E-state index contributed by atoms with van der Waals surface area (Å²) in [4.78, 5) is 28.5. The van der Waals surface area contributed by atoms with Crippen molar-refractivity contribution in [3.8, 4) is 11.3 Å². The standard InChI is InChI=1S/C24H19N5O4S/c1-3-12-34-24-26-23(30)21-17-6-4-5-7-18(17)25-22(28(21)27-24)20-11-10-19(33-20)16-9-8-15(29(31)32)13-14(16)2/h3-11,13,22H,1,12H2,2H3,(H,26,27,30)/t22-/m1/s1. The molecule has 2 aliphatic heterocycles. The smallest absolute Gasteiger partial charge is 0.276 e. The lowest BCUT2D eigenvalue weighted by Crippen LogP contribution is -2.50. The van der Waals surface area contributed by atoms with Gasteiger partial charge in [0.1, 0.15) is 11.5 Å². The van der Waals surface area contributed by atoms with Crippen LogP contribution in [-0.4, -0.2) is 26.8 Å². The molecule has 5 rings (SSSR count). The Morgan fingerprint density at radius 3 is 2.85 bits per heavy atom. The first-order chi connectivity index (χ1) is 16.5. The first kappa shape index (κ1) is 21.7. The number of furan rings is 1. The molecule has 9 nitrogen and oxygen atoms in total. The third-order valence-corrected chi connectivity index (χ3v) is 6.28. The van der Waals surface area contributed by atoms with Crippen molar-refractivity contribution in [1.29, 1.82) is 0 Å². The SMILES string of the molecule is C=CCSC1=NN2C(=c3ccccc3=N[C@H]2c2ccc(-c3ccc([N+](=O)[O-])cc3C)o2)C(=O)N1. The fraction of sp³-hybridized carbons (Fsp3) is 0.125. The first-order valence-corrected chi connectivity index (χ1v) is 11.4. The van der Waals surface area contributed by atoms with Gasteiger partial charge >= 0.3 is 0 Å². The Morgan fingerprint density at radius 1 is 1.26 bits per heavy atom. The van der Waals surface area contributed by atoms with Gasteiger partial charge in [0, 0.05) is 28.7 Å². The highest BCUT2D eigenvalue weighted by molar-refractivity contribution is 8.14. The Morgan fingerprint density at radius 2 is 2.09 bits per heavy atom. The number of amidine groups is 1. The Labute approximate surface area is 198 Å². The number of benzene rings is 2. The van der Waals surface area contributed by atoms with Gasteiger partial charge in [-0.25, -0.2) is 10.0 Å². The number of hydrazone groups is 1. The molecule has 34 heavy (non-hydrogen) atoms. The Bertz CT molecular complexity index is 1490. The van der Waals surface area contributed by atoms with Gasteiger partial charge in [-0.2, -0.15) is 0 Å². The summed E-state index contributed by atoms with van der Waals surface area (Å²) in [6.45, 7) is 5.51. The maximum absolute atomic E-state index is 13.1. The average molecular weight is 474 g/mol. The number of nitrogens with zero attached hydrogens (tertiary/aromatic N) is 4. The van der Waals surface area contributed by atoms with Crippen molar-refractivity contribution in [2.45, 2.75) is 13.1 Å². The van der Waals surface area contributed by atoms with Crippen LogP contribution in [0.2, 0.25) is 0 Å². The maximum atomic E-state index is 13.1. The minimum absolute atomic E-state index is 0.0179. The molecule has 0 spiro atoms. The molecule has 2 aromatic carbocycles. The van der Waals surface area contributed by atoms with E-state index in [9.17, 15) is 14.9 Å². The quantitative estimate of drug-likeness (QED) is 0.346. The van der Waals surface area contributed by atoms with Gasteiger partial charge in [0.05, 0.1) is 10.3 Å². The van der Waals surface area contributed by atoms with E-state index in [1.165, 1.54) is 23.9 Å². The zero-order valence-corrected chi connectivity index (χ0v) is 18.9. The second-order valence-corrected chi connectivity index (χ2v) is 8.64. The van der Waals surface area contributed by atoms with Crippen molar-refractivity contribution in [2.75, 3.05) is 5.75 Å². The van der Waals surface area contributed by atoms with Crippen molar-refractivity contribution in [3.63, 3.8) is 0 Å². The van der Waals surface area contributed by atoms with E-state index in [1.54, 1.807) is 36.2 Å². The van der Waals surface area contributed by atoms with E-state index in [-0.39, 0.29) is 11.6 Å². The number of nitro groups is 1. The molecular weight excluding hydrogens is 454 g/mol. The fourth-order valence-corrected chi connectivity index (χ4v) is 4.48. The number of thioether (sulfide) groups is 1. The van der Waals surface area contributed by atoms with E-state index >= 15 is 0 Å². The molecular formula is C24H19N5O4S. The number of carbonyl (C=O) groups excluding carboxylic acids is 1. The van der Waals surface area contributed by atoms with Crippen LogP contribution in [0.25, 0.3) is 17.0 Å². The molecule has 3 heterocycles. The Balaban J connectivity index is 1.60. The van der Waals surface area contributed by atoms with Gasteiger partial charge in [-0.05, 0) is 36.8 Å². The largest absolute Gasteiger partial charge is 0.457 e. The van der Waals surface area contributed by atoms with Crippen LogP contribution in [0.1, 0.15) is 17.5 Å². The van der Waals surface area contributed by atoms with Crippen LogP contribution in [0.3, 0.4) is 0 Å². The van der Waals surface area contributed by atoms with Crippen LogP contribution in [-0.2, 0) is 4.79 Å². The molecule has 10 heteroatoms. The summed E-state index contributed by atoms with van der Waals surface area (Å²) in [5.74, 6) is 1.35. The number of nitrogens with one attached hydrogen (secondary N) is 1. The van der Waals surface area contributed by atoms with Gasteiger partial charge in [-0.3, -0.25) is 20.2 Å². The highest BCUT2D eigenvalue weighted by Gasteiger charge is 2.36. The molecule has 0 radical (unpaired) electrons. The molecule has 0 saturated heterocycles. The molecule has 0 bridgehead atoms. The predicted octanol–water partition coefficient (Wildman–Crippen LogP) is 3.23. The summed E-state index contributed by atoms with van der Waals surface area (Å²) >= 11 is 1.36. The number of nitro benzene ring substituents is 1. The van der Waals surface area contributed by atoms with E-state index in [0.717, 1.165) is 5.56 Å². The molecule has 1 amide bonds. The van der Waals surface area contributed by atoms with Gasteiger partial charge in [0.25, 0.3) is 11.6 Å². The van der Waals surface area contributed by atoms with Crippen LogP contribution < -0.4 is 15.9 Å². The molecule has 2 aliphatic rings. The van der Waals surface area contributed by atoms with Crippen molar-refractivity contribution < 1.29 is 14.1 Å². The molecule has 1 aromatic heterocycles. The van der Waals surface area contributed by atoms with Crippen LogP contribution in [0, 0.1) is 17.0 Å². The summed E-state index contributed by atoms with van der Waals surface area (Å²) in [6, 6.07) is 15.6. The van der Waals surface area contributed by atoms with Gasteiger partial charge in [0.15, 0.2) is 10.9 Å². The molecule has 0 unspecified atom stereocenters. The first-order valence-electron chi connectivity index (χ1n) is 10.4. The van der Waals surface area contributed by atoms with E-state index in [4.69, 9.17) is 9.41 Å². The molecule has 0 fully saturated rings. The lowest BCUT2D eigenvalue weighted by Gasteiger charge is -2.32. The van der Waals surface area contributed by atoms with Gasteiger partial charge < -0.3 is 4.42 Å². The predicted molar refractivity (Wildman–Crippen MR) is 129 cm³/mol. The van der Waals surface area contributed by atoms with Crippen molar-refractivity contribution in [1.82, 2.24) is 10.3 Å². The van der Waals surface area contributed by atoms with Crippen LogP contribution in [0.4, 0.5) is 5.69 Å². The number of carbonyl (C=O) groups is 1. The van der Waals surface area contributed by atoms with Gasteiger partial charge in [-0.15, -0.1) is 11.7 Å². The normalized spacial score (nSPS) is 16.7. The number of para-hydroxylation sites is 1. The molecule has 0 saturated carbocycles. The highest BCUT2D eigenvalue weighted by atomic mass is 32.2. The summed E-state index contributed by atoms with van der Waals surface area (Å²) in [5.41, 5.74) is 1.86. The molecule has 3 aromatic rings. The number of rotatable bonds is 5. The van der Waals surface area contributed by atoms with E-state index in [2.05, 4.69) is 17.0 Å². The molecule has 170 valence electrons. The zero-order chi connectivity index (χ0) is 23.8. The minimum atomic E-state index is -0.692. The van der Waals surface area contributed by atoms with Gasteiger partial charge in [0.2, 0.25) is 6.17 Å². The van der Waals surface area contributed by atoms with Crippen molar-refractivity contribution in [3.05, 3.63) is 99.3 Å². The zero-order valence-electron chi connectivity index (χ0n) is 18.1. The average Bonchev–Trinajstić information content (AvgIpc) is 3.31. The highest BCUT2D eigenvalue weighted by Crippen LogP contribution is 2.35. The second kappa shape index (κ2) is 8.64. The topological polar surface area (TPSA) is 113 Å². The minimum Gasteiger partial charge on any atom is -0.457 e. The fourth-order valence-electron chi connectivity index (χ4n) is 3.89. The molecule has 1 N–H and O–H groups in total. The van der Waals surface area contributed by atoms with Crippen LogP contribution in [0.15, 0.2) is 81.8 Å². The third-order valence-electron chi connectivity index (χ3n) is 5.42. The molecule has 0 aliphatic carbocycles. The number of non-ortho nitro benzene ring substituents is 1. The van der Waals surface area contributed by atoms with Crippen LogP contribution >= 0.6 is 11.8 Å². The van der Waals surface area contributed by atoms with Crippen LogP contribution in [0.5, 0.6) is 0 Å². The molecule has 1 atom stereocenters. The lowest BCUT2D eigenvalue weighted by atomic mass is 10.1. The third kappa shape index (κ3) is 3.77. The van der Waals surface area contributed by atoms with E-state index < -0.39 is 11.1 Å². The summed E-state index contributed by atoms with van der Waals surface area (Å²) < 4.78 is 6.16. The number of fused-ring (bicyclic) bond motifs is 2. The van der Waals surface area contributed by atoms with Gasteiger partial charge in [-0.1, -0.05) is 36.0 Å². The van der Waals surface area contributed by atoms with E-state index in [0.29, 0.717) is 44.3 Å². The van der Waals surface area contributed by atoms with Crippen molar-refractivity contribution >= 4 is 34.2 Å². The Hall–Kier alpha value is -4.18. The van der Waals surface area contributed by atoms with Crippen molar-refractivity contribution in [2.24, 2.45) is 10.1 Å². The lowest BCUT2D eigenvalue weighted by molar-refractivity contribution is -0.384. The summed E-state index contributed by atoms with van der Waals surface area (Å²) in [7, 11) is 0. The maximum Gasteiger partial charge on any atom is 0.276 e. The number of hydrogen-bond acceptors (Lipinski definition) is 8. The number of hydrogen-bond donors (Lipinski definition) is 1.